The fourth-order valence-electron chi connectivity index (χ4n) is 5.40. The fourth-order valence-corrected chi connectivity index (χ4v) is 7.36. The first-order chi connectivity index (χ1) is 23.1. The lowest BCUT2D eigenvalue weighted by atomic mass is 9.94. The number of halogens is 3. The van der Waals surface area contributed by atoms with E-state index in [4.69, 9.17) is 31.2 Å². The molecule has 1 aliphatic rings. The van der Waals surface area contributed by atoms with Gasteiger partial charge >= 0.3 is 0 Å². The number of methoxy groups -OCH3 is 1. The van der Waals surface area contributed by atoms with Gasteiger partial charge in [0, 0.05) is 26.6 Å². The molecule has 1 amide bonds. The van der Waals surface area contributed by atoms with Gasteiger partial charge in [-0.15, -0.1) is 5.10 Å². The molecule has 1 atom stereocenters. The van der Waals surface area contributed by atoms with Crippen molar-refractivity contribution in [3.05, 3.63) is 132 Å². The van der Waals surface area contributed by atoms with Crippen LogP contribution in [0.1, 0.15) is 40.8 Å². The molecule has 246 valence electrons. The molecule has 48 heavy (non-hydrogen) atoms. The maximum absolute atomic E-state index is 14.2. The van der Waals surface area contributed by atoms with Crippen LogP contribution in [0, 0.1) is 13.8 Å². The van der Waals surface area contributed by atoms with Gasteiger partial charge < -0.3 is 20.1 Å². The van der Waals surface area contributed by atoms with E-state index < -0.39 is 6.04 Å². The Morgan fingerprint density at radius 3 is 2.56 bits per heavy atom. The van der Waals surface area contributed by atoms with Gasteiger partial charge in [-0.05, 0) is 101 Å². The maximum atomic E-state index is 14.2. The number of aromatic nitrogens is 3. The number of anilines is 2. The third kappa shape index (κ3) is 7.29. The number of carbonyl (C=O) groups is 1. The molecule has 0 fully saturated rings. The predicted octanol–water partition coefficient (Wildman–Crippen LogP) is 9.88. The Morgan fingerprint density at radius 1 is 1.04 bits per heavy atom. The van der Waals surface area contributed by atoms with Gasteiger partial charge in [-0.3, -0.25) is 4.79 Å². The van der Waals surface area contributed by atoms with E-state index in [0.29, 0.717) is 55.7 Å². The van der Waals surface area contributed by atoms with Crippen LogP contribution in [-0.2, 0) is 17.2 Å². The van der Waals surface area contributed by atoms with Crippen LogP contribution in [0.3, 0.4) is 0 Å². The number of ether oxygens (including phenoxy) is 2. The number of rotatable bonds is 10. The summed E-state index contributed by atoms with van der Waals surface area (Å²) in [6, 6.07) is 24.7. The Balaban J connectivity index is 1.38. The van der Waals surface area contributed by atoms with Crippen molar-refractivity contribution in [1.82, 2.24) is 14.8 Å². The topological polar surface area (TPSA) is 90.3 Å². The number of hydrogen-bond acceptors (Lipinski definition) is 7. The van der Waals surface area contributed by atoms with Crippen LogP contribution in [0.2, 0.25) is 5.02 Å². The second-order valence-corrected chi connectivity index (χ2v) is 14.4. The summed E-state index contributed by atoms with van der Waals surface area (Å²) in [5.41, 5.74) is 6.74. The molecule has 0 radical (unpaired) electrons. The van der Waals surface area contributed by atoms with Crippen LogP contribution in [0.4, 0.5) is 11.6 Å². The molecule has 1 unspecified atom stereocenters. The van der Waals surface area contributed by atoms with E-state index in [-0.39, 0.29) is 5.91 Å². The van der Waals surface area contributed by atoms with E-state index in [1.54, 1.807) is 11.8 Å². The summed E-state index contributed by atoms with van der Waals surface area (Å²) in [4.78, 5) is 19.0. The highest BCUT2D eigenvalue weighted by atomic mass is 79.9. The average Bonchev–Trinajstić information content (AvgIpc) is 3.48. The van der Waals surface area contributed by atoms with Gasteiger partial charge in [0.05, 0.1) is 17.2 Å². The maximum Gasteiger partial charge on any atom is 0.255 e. The first-order valence-electron chi connectivity index (χ1n) is 15.1. The Hall–Kier alpha value is -3.77. The van der Waals surface area contributed by atoms with Crippen molar-refractivity contribution in [2.75, 3.05) is 17.7 Å². The highest BCUT2D eigenvalue weighted by molar-refractivity contribution is 9.10. The van der Waals surface area contributed by atoms with E-state index in [1.807, 2.05) is 99.6 Å². The number of aryl methyl sites for hydroxylation is 1. The van der Waals surface area contributed by atoms with E-state index in [1.165, 1.54) is 11.8 Å². The van der Waals surface area contributed by atoms with E-state index in [0.717, 1.165) is 38.0 Å². The number of nitrogens with zero attached hydrogens (tertiary/aromatic N) is 3. The van der Waals surface area contributed by atoms with Crippen molar-refractivity contribution in [1.29, 1.82) is 0 Å². The highest BCUT2D eigenvalue weighted by Crippen LogP contribution is 2.44. The van der Waals surface area contributed by atoms with Crippen molar-refractivity contribution in [2.45, 2.75) is 44.3 Å². The first kappa shape index (κ1) is 34.1. The molecule has 2 heterocycles. The van der Waals surface area contributed by atoms with E-state index in [9.17, 15) is 4.79 Å². The first-order valence-corrected chi connectivity index (χ1v) is 18.0. The molecular formula is C36H32Br2ClN5O3S. The molecule has 2 N–H and O–H groups in total. The summed E-state index contributed by atoms with van der Waals surface area (Å²) < 4.78 is 15.5. The van der Waals surface area contributed by atoms with Crippen molar-refractivity contribution in [2.24, 2.45) is 0 Å². The summed E-state index contributed by atoms with van der Waals surface area (Å²) in [6.07, 6.45) is 0. The predicted molar refractivity (Wildman–Crippen MR) is 199 cm³/mol. The molecule has 5 aromatic rings. The molecule has 0 saturated heterocycles. The standard InChI is InChI=1S/C36H32Br2ClN5O3S/c1-20-8-7-11-29(21(20)2)41-34(45)31-22(3)40-35-42-36(48-19-24-9-5-6-10-28(24)39)43-44(35)32(31)25-16-27(38)33(30(17-25)46-4)47-18-23-12-14-26(37)15-13-23/h5-17,32H,18-19H2,1-4H3,(H,41,45)(H,40,42,43). The molecule has 0 bridgehead atoms. The number of thioether (sulfide) groups is 1. The fraction of sp³-hybridized carbons (Fsp3) is 0.194. The number of allylic oxidation sites excluding steroid dienone is 1. The lowest BCUT2D eigenvalue weighted by Crippen LogP contribution is -2.31. The van der Waals surface area contributed by atoms with Gasteiger partial charge in [-0.2, -0.15) is 4.98 Å². The van der Waals surface area contributed by atoms with Crippen LogP contribution < -0.4 is 20.1 Å². The summed E-state index contributed by atoms with van der Waals surface area (Å²) >= 11 is 15.1. The number of hydrogen-bond donors (Lipinski definition) is 2. The summed E-state index contributed by atoms with van der Waals surface area (Å²) in [5.74, 6) is 1.92. The van der Waals surface area contributed by atoms with E-state index in [2.05, 4.69) is 42.5 Å². The monoisotopic (exact) mass is 807 g/mol. The molecule has 1 aliphatic heterocycles. The van der Waals surface area contributed by atoms with Crippen LogP contribution in [0.25, 0.3) is 0 Å². The van der Waals surface area contributed by atoms with E-state index >= 15 is 0 Å². The third-order valence-electron chi connectivity index (χ3n) is 8.11. The Labute approximate surface area is 305 Å². The Kier molecular flexibility index (Phi) is 10.5. The van der Waals surface area contributed by atoms with Crippen LogP contribution in [0.5, 0.6) is 11.5 Å². The molecule has 0 saturated carbocycles. The summed E-state index contributed by atoms with van der Waals surface area (Å²) in [7, 11) is 1.60. The van der Waals surface area contributed by atoms with Crippen LogP contribution in [0.15, 0.2) is 104 Å². The third-order valence-corrected chi connectivity index (χ3v) is 10.5. The largest absolute Gasteiger partial charge is 0.493 e. The van der Waals surface area contributed by atoms with Crippen LogP contribution >= 0.6 is 55.2 Å². The number of fused-ring (bicyclic) bond motifs is 1. The lowest BCUT2D eigenvalue weighted by molar-refractivity contribution is -0.113. The molecule has 12 heteroatoms. The molecule has 1 aromatic heterocycles. The highest BCUT2D eigenvalue weighted by Gasteiger charge is 2.35. The Morgan fingerprint density at radius 2 is 1.81 bits per heavy atom. The van der Waals surface area contributed by atoms with Crippen molar-refractivity contribution >= 4 is 72.8 Å². The smallest absolute Gasteiger partial charge is 0.255 e. The molecule has 0 aliphatic carbocycles. The summed E-state index contributed by atoms with van der Waals surface area (Å²) in [5, 5.41) is 12.6. The molecule has 6 rings (SSSR count). The second-order valence-electron chi connectivity index (χ2n) is 11.3. The van der Waals surface area contributed by atoms with Gasteiger partial charge in [0.25, 0.3) is 5.91 Å². The van der Waals surface area contributed by atoms with Gasteiger partial charge in [0.15, 0.2) is 11.5 Å². The number of carbonyl (C=O) groups excluding carboxylic acids is 1. The minimum Gasteiger partial charge on any atom is -0.493 e. The van der Waals surface area contributed by atoms with Gasteiger partial charge in [0.1, 0.15) is 12.6 Å². The van der Waals surface area contributed by atoms with Crippen molar-refractivity contribution < 1.29 is 14.3 Å². The van der Waals surface area contributed by atoms with Gasteiger partial charge in [-0.1, -0.05) is 81.8 Å². The normalized spacial score (nSPS) is 13.9. The lowest BCUT2D eigenvalue weighted by Gasteiger charge is -2.29. The van der Waals surface area contributed by atoms with Crippen molar-refractivity contribution in [3.8, 4) is 11.5 Å². The minimum atomic E-state index is -0.640. The minimum absolute atomic E-state index is 0.254. The molecule has 8 nitrogen and oxygen atoms in total. The van der Waals surface area contributed by atoms with Gasteiger partial charge in [-0.25, -0.2) is 4.68 Å². The number of amides is 1. The summed E-state index contributed by atoms with van der Waals surface area (Å²) in [6.45, 7) is 6.24. The molecule has 4 aromatic carbocycles. The zero-order valence-corrected chi connectivity index (χ0v) is 31.4. The SMILES string of the molecule is COc1cc(C2C(C(=O)Nc3cccc(C)c3C)=C(C)Nc3nc(SCc4ccccc4Cl)nn32)cc(Br)c1OCc1ccc(Br)cc1. The quantitative estimate of drug-likeness (QED) is 0.136. The number of benzene rings is 4. The van der Waals surface area contributed by atoms with Crippen molar-refractivity contribution in [3.63, 3.8) is 0 Å². The number of nitrogens with one attached hydrogen (secondary N) is 2. The zero-order chi connectivity index (χ0) is 33.9. The Bertz CT molecular complexity index is 2030. The zero-order valence-electron chi connectivity index (χ0n) is 26.6. The van der Waals surface area contributed by atoms with Gasteiger partial charge in [0.2, 0.25) is 11.1 Å². The molecule has 0 spiro atoms. The average molecular weight is 810 g/mol. The van der Waals surface area contributed by atoms with Crippen LogP contribution in [-0.4, -0.2) is 27.8 Å². The second kappa shape index (κ2) is 14.8. The molecular weight excluding hydrogens is 778 g/mol.